The van der Waals surface area contributed by atoms with Gasteiger partial charge in [-0.2, -0.15) is 0 Å². The molecule has 0 radical (unpaired) electrons. The topological polar surface area (TPSA) is 45.5 Å². The highest BCUT2D eigenvalue weighted by Crippen LogP contribution is 2.46. The summed E-state index contributed by atoms with van der Waals surface area (Å²) in [7, 11) is 0. The molecule has 5 nitrogen and oxygen atoms in total. The zero-order valence-corrected chi connectivity index (χ0v) is 18.6. The largest absolute Gasteiger partial charge is 0.356 e. The van der Waals surface area contributed by atoms with E-state index in [-0.39, 0.29) is 29.5 Å². The SMILES string of the molecule is CCNC(=NCc1nccn1CC(C)C)N1CC(C)(C)C1(C)C.I. The summed E-state index contributed by atoms with van der Waals surface area (Å²) < 4.78 is 2.21. The highest BCUT2D eigenvalue weighted by molar-refractivity contribution is 14.0. The van der Waals surface area contributed by atoms with Crippen LogP contribution in [0.1, 0.15) is 54.3 Å². The Kier molecular flexibility index (Phi) is 7.14. The lowest BCUT2D eigenvalue weighted by Crippen LogP contribution is -2.72. The fourth-order valence-corrected chi connectivity index (χ4v) is 2.99. The van der Waals surface area contributed by atoms with E-state index in [4.69, 9.17) is 4.99 Å². The van der Waals surface area contributed by atoms with Crippen molar-refractivity contribution in [3.63, 3.8) is 0 Å². The second kappa shape index (κ2) is 8.06. The number of hydrogen-bond donors (Lipinski definition) is 1. The lowest BCUT2D eigenvalue weighted by Gasteiger charge is -2.62. The molecule has 1 N–H and O–H groups in total. The van der Waals surface area contributed by atoms with Gasteiger partial charge < -0.3 is 14.8 Å². The third kappa shape index (κ3) is 4.24. The number of likely N-dealkylation sites (tertiary alicyclic amines) is 1. The summed E-state index contributed by atoms with van der Waals surface area (Å²) in [6.07, 6.45) is 3.92. The van der Waals surface area contributed by atoms with Gasteiger partial charge in [0, 0.05) is 43.0 Å². The van der Waals surface area contributed by atoms with E-state index in [0.29, 0.717) is 17.9 Å². The number of hydrogen-bond acceptors (Lipinski definition) is 2. The van der Waals surface area contributed by atoms with E-state index in [1.165, 1.54) is 0 Å². The van der Waals surface area contributed by atoms with Gasteiger partial charge in [0.15, 0.2) is 5.96 Å². The maximum atomic E-state index is 4.86. The summed E-state index contributed by atoms with van der Waals surface area (Å²) in [5, 5.41) is 3.44. The van der Waals surface area contributed by atoms with Gasteiger partial charge in [-0.05, 0) is 26.7 Å². The van der Waals surface area contributed by atoms with Crippen LogP contribution in [0.25, 0.3) is 0 Å². The van der Waals surface area contributed by atoms with Crippen LogP contribution >= 0.6 is 24.0 Å². The fraction of sp³-hybridized carbons (Fsp3) is 0.778. The van der Waals surface area contributed by atoms with Crippen LogP contribution in [0.3, 0.4) is 0 Å². The number of nitrogens with zero attached hydrogens (tertiary/aromatic N) is 4. The van der Waals surface area contributed by atoms with Crippen LogP contribution in [-0.4, -0.2) is 39.0 Å². The number of halogens is 1. The van der Waals surface area contributed by atoms with Gasteiger partial charge in [0.05, 0.1) is 0 Å². The van der Waals surface area contributed by atoms with Gasteiger partial charge in [0.1, 0.15) is 12.4 Å². The van der Waals surface area contributed by atoms with Crippen LogP contribution in [0.5, 0.6) is 0 Å². The Morgan fingerprint density at radius 2 is 2.00 bits per heavy atom. The van der Waals surface area contributed by atoms with Gasteiger partial charge in [0.25, 0.3) is 0 Å². The lowest BCUT2D eigenvalue weighted by atomic mass is 9.65. The maximum Gasteiger partial charge on any atom is 0.194 e. The molecule has 0 aromatic carbocycles. The molecule has 1 aromatic heterocycles. The average Bonchev–Trinajstić information content (AvgIpc) is 2.87. The van der Waals surface area contributed by atoms with Crippen LogP contribution in [0.15, 0.2) is 17.4 Å². The Hall–Kier alpha value is -0.790. The van der Waals surface area contributed by atoms with Crippen molar-refractivity contribution >= 4 is 29.9 Å². The molecule has 0 bridgehead atoms. The molecule has 1 fully saturated rings. The van der Waals surface area contributed by atoms with Crippen LogP contribution < -0.4 is 5.32 Å². The molecule has 1 aromatic rings. The van der Waals surface area contributed by atoms with Crippen molar-refractivity contribution in [2.24, 2.45) is 16.3 Å². The summed E-state index contributed by atoms with van der Waals surface area (Å²) in [6.45, 7) is 19.3. The van der Waals surface area contributed by atoms with Crippen molar-refractivity contribution in [1.29, 1.82) is 0 Å². The van der Waals surface area contributed by atoms with Gasteiger partial charge in [-0.1, -0.05) is 27.7 Å². The summed E-state index contributed by atoms with van der Waals surface area (Å²) in [5.41, 5.74) is 0.417. The number of rotatable bonds is 5. The Balaban J connectivity index is 0.00000288. The van der Waals surface area contributed by atoms with Gasteiger partial charge in [-0.15, -0.1) is 24.0 Å². The van der Waals surface area contributed by atoms with E-state index in [1.807, 2.05) is 6.20 Å². The minimum atomic E-state index is 0. The lowest BCUT2D eigenvalue weighted by molar-refractivity contribution is -0.0668. The zero-order chi connectivity index (χ0) is 17.3. The Morgan fingerprint density at radius 1 is 1.33 bits per heavy atom. The van der Waals surface area contributed by atoms with Crippen molar-refractivity contribution in [3.8, 4) is 0 Å². The minimum Gasteiger partial charge on any atom is -0.356 e. The van der Waals surface area contributed by atoms with Crippen molar-refractivity contribution in [1.82, 2.24) is 19.8 Å². The van der Waals surface area contributed by atoms with Crippen LogP contribution in [-0.2, 0) is 13.1 Å². The fourth-order valence-electron chi connectivity index (χ4n) is 2.99. The molecular formula is C18H34IN5. The molecule has 1 aliphatic rings. The van der Waals surface area contributed by atoms with Crippen molar-refractivity contribution < 1.29 is 0 Å². The molecule has 0 spiro atoms. The molecule has 0 unspecified atom stereocenters. The molecule has 2 heterocycles. The molecule has 2 rings (SSSR count). The zero-order valence-electron chi connectivity index (χ0n) is 16.3. The second-order valence-corrected chi connectivity index (χ2v) is 8.09. The predicted molar refractivity (Wildman–Crippen MR) is 112 cm³/mol. The van der Waals surface area contributed by atoms with E-state index < -0.39 is 0 Å². The predicted octanol–water partition coefficient (Wildman–Crippen LogP) is 3.74. The molecule has 24 heavy (non-hydrogen) atoms. The summed E-state index contributed by atoms with van der Waals surface area (Å²) in [4.78, 5) is 11.7. The quantitative estimate of drug-likeness (QED) is 0.425. The van der Waals surface area contributed by atoms with Crippen molar-refractivity contribution in [3.05, 3.63) is 18.2 Å². The minimum absolute atomic E-state index is 0. The van der Waals surface area contributed by atoms with E-state index >= 15 is 0 Å². The standard InChI is InChI=1S/C18H33N5.HI/c1-8-19-16(23-13-17(4,5)18(23,6)7)21-11-15-20-9-10-22(15)12-14(2)3;/h9-10,14H,8,11-13H2,1-7H3,(H,19,21);1H. The Bertz CT molecular complexity index is 560. The van der Waals surface area contributed by atoms with Gasteiger partial charge >= 0.3 is 0 Å². The van der Waals surface area contributed by atoms with E-state index in [2.05, 4.69) is 74.4 Å². The van der Waals surface area contributed by atoms with Crippen molar-refractivity contribution in [2.45, 2.75) is 67.1 Å². The first-order valence-electron chi connectivity index (χ1n) is 8.75. The normalized spacial score (nSPS) is 19.0. The molecule has 0 amide bonds. The number of guanidine groups is 1. The average molecular weight is 447 g/mol. The van der Waals surface area contributed by atoms with Crippen LogP contribution in [0, 0.1) is 11.3 Å². The molecule has 1 saturated heterocycles. The van der Waals surface area contributed by atoms with E-state index in [1.54, 1.807) is 0 Å². The van der Waals surface area contributed by atoms with Gasteiger partial charge in [-0.3, -0.25) is 0 Å². The van der Waals surface area contributed by atoms with E-state index in [0.717, 1.165) is 31.4 Å². The Morgan fingerprint density at radius 3 is 2.50 bits per heavy atom. The summed E-state index contributed by atoms with van der Waals surface area (Å²) in [6, 6.07) is 0. The second-order valence-electron chi connectivity index (χ2n) is 8.09. The van der Waals surface area contributed by atoms with Crippen LogP contribution in [0.4, 0.5) is 0 Å². The summed E-state index contributed by atoms with van der Waals surface area (Å²) in [5.74, 6) is 2.64. The van der Waals surface area contributed by atoms with Gasteiger partial charge in [-0.25, -0.2) is 9.98 Å². The molecule has 6 heteroatoms. The number of nitrogens with one attached hydrogen (secondary N) is 1. The third-order valence-electron chi connectivity index (χ3n) is 5.21. The maximum absolute atomic E-state index is 4.86. The highest BCUT2D eigenvalue weighted by atomic mass is 127. The number of aliphatic imine (C=N–C) groups is 1. The first kappa shape index (κ1) is 21.3. The third-order valence-corrected chi connectivity index (χ3v) is 5.21. The van der Waals surface area contributed by atoms with Gasteiger partial charge in [0.2, 0.25) is 0 Å². The van der Waals surface area contributed by atoms with Crippen molar-refractivity contribution in [2.75, 3.05) is 13.1 Å². The molecular weight excluding hydrogens is 413 g/mol. The molecule has 138 valence electrons. The molecule has 1 aliphatic heterocycles. The smallest absolute Gasteiger partial charge is 0.194 e. The summed E-state index contributed by atoms with van der Waals surface area (Å²) >= 11 is 0. The first-order chi connectivity index (χ1) is 10.7. The molecule has 0 aliphatic carbocycles. The van der Waals surface area contributed by atoms with Crippen LogP contribution in [0.2, 0.25) is 0 Å². The van der Waals surface area contributed by atoms with E-state index in [9.17, 15) is 0 Å². The molecule has 0 atom stereocenters. The molecule has 0 saturated carbocycles. The highest BCUT2D eigenvalue weighted by Gasteiger charge is 2.53. The Labute approximate surface area is 164 Å². The first-order valence-corrected chi connectivity index (χ1v) is 8.75. The monoisotopic (exact) mass is 447 g/mol. The number of imidazole rings is 1. The number of aromatic nitrogens is 2.